The van der Waals surface area contributed by atoms with Crippen molar-refractivity contribution in [2.75, 3.05) is 6.54 Å². The fraction of sp³-hybridized carbons (Fsp3) is 0.909. The van der Waals surface area contributed by atoms with Crippen LogP contribution in [-0.4, -0.2) is 52.2 Å². The summed E-state index contributed by atoms with van der Waals surface area (Å²) in [5, 5.41) is 22.4. The van der Waals surface area contributed by atoms with E-state index >= 15 is 0 Å². The molecule has 26 heavy (non-hydrogen) atoms. The zero-order chi connectivity index (χ0) is 17.8. The number of nitrogens with zero attached hydrogens (tertiary/aromatic N) is 1. The number of ether oxygens (including phenoxy) is 1. The number of hydrogen-bond donors (Lipinski definition) is 2. The summed E-state index contributed by atoms with van der Waals surface area (Å²) in [6.45, 7) is 10.1. The summed E-state index contributed by atoms with van der Waals surface area (Å²) in [4.78, 5) is 2.69. The molecule has 9 bridgehead atoms. The van der Waals surface area contributed by atoms with E-state index in [4.69, 9.17) is 4.74 Å². The molecule has 0 aromatic rings. The summed E-state index contributed by atoms with van der Waals surface area (Å²) in [5.74, 6) is 1.77. The van der Waals surface area contributed by atoms with Gasteiger partial charge in [-0.2, -0.15) is 0 Å². The standard InChI is InChI=1S/C22H31NO3/c1-4-23-17-12-7-14-20(3)6-5-16(26-19(20)23)22(14,17)15-8-13(24)11-9-21(12,15)18(25)10(11)2/h11-19,24-25H,2,4-9H2,1,3H3/t11-,12+,13+,14-,15-,16-,17?,18-,19-,20?,21+,22+/m1/s1. The summed E-state index contributed by atoms with van der Waals surface area (Å²) in [6.07, 6.45) is 5.38. The summed E-state index contributed by atoms with van der Waals surface area (Å²) in [6, 6.07) is 0.547. The minimum absolute atomic E-state index is 0.0470. The van der Waals surface area contributed by atoms with Gasteiger partial charge < -0.3 is 14.9 Å². The lowest BCUT2D eigenvalue weighted by Crippen LogP contribution is -2.78. The Morgan fingerprint density at radius 3 is 2.85 bits per heavy atom. The lowest BCUT2D eigenvalue weighted by molar-refractivity contribution is -0.372. The van der Waals surface area contributed by atoms with E-state index in [2.05, 4.69) is 25.3 Å². The molecule has 4 nitrogen and oxygen atoms in total. The molecule has 2 spiro atoms. The van der Waals surface area contributed by atoms with Crippen molar-refractivity contribution in [2.45, 2.75) is 76.5 Å². The van der Waals surface area contributed by atoms with Crippen LogP contribution in [0.4, 0.5) is 0 Å². The number of fused-ring (bicyclic) bond motifs is 2. The van der Waals surface area contributed by atoms with Gasteiger partial charge in [-0.25, -0.2) is 0 Å². The molecule has 4 aliphatic heterocycles. The predicted octanol–water partition coefficient (Wildman–Crippen LogP) is 2.16. The summed E-state index contributed by atoms with van der Waals surface area (Å²) < 4.78 is 6.78. The van der Waals surface area contributed by atoms with Gasteiger partial charge in [0.15, 0.2) is 0 Å². The van der Waals surface area contributed by atoms with Gasteiger partial charge in [0.05, 0.1) is 18.3 Å². The molecule has 2 unspecified atom stereocenters. The van der Waals surface area contributed by atoms with Gasteiger partial charge in [0.2, 0.25) is 0 Å². The first-order valence-electron chi connectivity index (χ1n) is 10.9. The van der Waals surface area contributed by atoms with Crippen LogP contribution >= 0.6 is 0 Å². The molecule has 9 fully saturated rings. The molecule has 5 aliphatic carbocycles. The lowest BCUT2D eigenvalue weighted by atomic mass is 9.41. The molecule has 12 atom stereocenters. The quantitative estimate of drug-likeness (QED) is 0.706. The first kappa shape index (κ1) is 15.5. The molecule has 9 aliphatic rings. The molecule has 5 saturated carbocycles. The highest BCUT2D eigenvalue weighted by Gasteiger charge is 2.88. The number of aliphatic hydroxyl groups is 2. The molecule has 2 N–H and O–H groups in total. The van der Waals surface area contributed by atoms with E-state index in [0.29, 0.717) is 29.9 Å². The van der Waals surface area contributed by atoms with E-state index in [1.165, 1.54) is 19.3 Å². The third-order valence-electron chi connectivity index (χ3n) is 11.0. The van der Waals surface area contributed by atoms with Gasteiger partial charge in [-0.15, -0.1) is 0 Å². The van der Waals surface area contributed by atoms with E-state index in [1.807, 2.05) is 0 Å². The van der Waals surface area contributed by atoms with Crippen LogP contribution in [0.1, 0.15) is 46.0 Å². The molecule has 4 heterocycles. The van der Waals surface area contributed by atoms with E-state index in [-0.39, 0.29) is 34.5 Å². The van der Waals surface area contributed by atoms with Crippen molar-refractivity contribution in [1.82, 2.24) is 4.90 Å². The van der Waals surface area contributed by atoms with Gasteiger partial charge in [0.25, 0.3) is 0 Å². The van der Waals surface area contributed by atoms with Crippen molar-refractivity contribution in [3.8, 4) is 0 Å². The number of rotatable bonds is 1. The molecule has 0 amide bonds. The van der Waals surface area contributed by atoms with Gasteiger partial charge in [-0.3, -0.25) is 4.90 Å². The summed E-state index contributed by atoms with van der Waals surface area (Å²) >= 11 is 0. The van der Waals surface area contributed by atoms with E-state index < -0.39 is 6.10 Å². The summed E-state index contributed by atoms with van der Waals surface area (Å²) in [5.41, 5.74) is 1.28. The Balaban J connectivity index is 1.51. The Morgan fingerprint density at radius 2 is 2.08 bits per heavy atom. The molecule has 0 aromatic carbocycles. The first-order chi connectivity index (χ1) is 12.4. The molecule has 9 rings (SSSR count). The monoisotopic (exact) mass is 357 g/mol. The van der Waals surface area contributed by atoms with Crippen LogP contribution < -0.4 is 0 Å². The number of aliphatic hydroxyl groups excluding tert-OH is 2. The smallest absolute Gasteiger partial charge is 0.116 e. The van der Waals surface area contributed by atoms with Crippen molar-refractivity contribution >= 4 is 0 Å². The van der Waals surface area contributed by atoms with Crippen LogP contribution in [0.2, 0.25) is 0 Å². The molecule has 0 radical (unpaired) electrons. The van der Waals surface area contributed by atoms with Crippen LogP contribution in [0.25, 0.3) is 0 Å². The van der Waals surface area contributed by atoms with Crippen LogP contribution in [0.5, 0.6) is 0 Å². The van der Waals surface area contributed by atoms with E-state index in [1.54, 1.807) is 0 Å². The van der Waals surface area contributed by atoms with E-state index in [9.17, 15) is 10.2 Å². The molecule has 142 valence electrons. The Kier molecular flexibility index (Phi) is 2.46. The average Bonchev–Trinajstić information content (AvgIpc) is 3.17. The van der Waals surface area contributed by atoms with Crippen molar-refractivity contribution in [1.29, 1.82) is 0 Å². The fourth-order valence-corrected chi connectivity index (χ4v) is 10.5. The van der Waals surface area contributed by atoms with Crippen molar-refractivity contribution in [2.24, 2.45) is 39.9 Å². The van der Waals surface area contributed by atoms with Crippen LogP contribution in [0, 0.1) is 39.9 Å². The van der Waals surface area contributed by atoms with Gasteiger partial charge in [-0.05, 0) is 62.0 Å². The second-order valence-corrected chi connectivity index (χ2v) is 10.9. The predicted molar refractivity (Wildman–Crippen MR) is 96.0 cm³/mol. The third-order valence-corrected chi connectivity index (χ3v) is 11.0. The van der Waals surface area contributed by atoms with Gasteiger partial charge in [-0.1, -0.05) is 20.4 Å². The Labute approximate surface area is 155 Å². The Morgan fingerprint density at radius 1 is 1.27 bits per heavy atom. The highest BCUT2D eigenvalue weighted by atomic mass is 16.5. The minimum Gasteiger partial charge on any atom is -0.392 e. The topological polar surface area (TPSA) is 52.9 Å². The highest BCUT2D eigenvalue weighted by Crippen LogP contribution is 2.86. The molecule has 0 aromatic heterocycles. The Bertz CT molecular complexity index is 739. The average molecular weight is 357 g/mol. The van der Waals surface area contributed by atoms with Crippen molar-refractivity contribution in [3.05, 3.63) is 12.2 Å². The SMILES string of the molecule is C=C1[C@H]2C[C@@]3([C@@H]1O)[C@@H](C[C@@H]2O)[C@@]12C4[C@@H]3C[C@@H]1C1(C)CC[C@H]2O[C@H]1N4CC. The second-order valence-electron chi connectivity index (χ2n) is 10.9. The second kappa shape index (κ2) is 4.12. The number of piperidine rings is 1. The van der Waals surface area contributed by atoms with Gasteiger partial charge >= 0.3 is 0 Å². The molecular weight excluding hydrogens is 326 g/mol. The molecular formula is C22H31NO3. The maximum Gasteiger partial charge on any atom is 0.116 e. The molecule has 4 heteroatoms. The maximum absolute atomic E-state index is 11.4. The maximum atomic E-state index is 11.4. The largest absolute Gasteiger partial charge is 0.392 e. The van der Waals surface area contributed by atoms with Crippen molar-refractivity contribution < 1.29 is 14.9 Å². The van der Waals surface area contributed by atoms with Gasteiger partial charge in [0, 0.05) is 28.2 Å². The Hall–Kier alpha value is -0.420. The van der Waals surface area contributed by atoms with Crippen molar-refractivity contribution in [3.63, 3.8) is 0 Å². The normalized spacial score (nSPS) is 69.5. The minimum atomic E-state index is -0.426. The van der Waals surface area contributed by atoms with E-state index in [0.717, 1.165) is 25.0 Å². The highest BCUT2D eigenvalue weighted by molar-refractivity contribution is 5.40. The lowest BCUT2D eigenvalue weighted by Gasteiger charge is -2.73. The third kappa shape index (κ3) is 1.14. The van der Waals surface area contributed by atoms with Gasteiger partial charge in [0.1, 0.15) is 6.23 Å². The van der Waals surface area contributed by atoms with Crippen LogP contribution in [-0.2, 0) is 4.74 Å². The molecule has 4 saturated heterocycles. The first-order valence-corrected chi connectivity index (χ1v) is 10.9. The summed E-state index contributed by atoms with van der Waals surface area (Å²) in [7, 11) is 0. The zero-order valence-electron chi connectivity index (χ0n) is 15.9. The number of hydrogen-bond acceptors (Lipinski definition) is 4. The van der Waals surface area contributed by atoms with Crippen LogP contribution in [0.3, 0.4) is 0 Å². The zero-order valence-corrected chi connectivity index (χ0v) is 15.9. The fourth-order valence-electron chi connectivity index (χ4n) is 10.5. The van der Waals surface area contributed by atoms with Crippen LogP contribution in [0.15, 0.2) is 12.2 Å².